The molecule has 6 N–H and O–H groups in total. The molecule has 7 heteroatoms. The Balaban J connectivity index is 1.65. The smallest absolute Gasteiger partial charge is 0.242 e. The van der Waals surface area contributed by atoms with Gasteiger partial charge in [-0.25, -0.2) is 0 Å². The molecule has 0 aliphatic carbocycles. The number of rotatable bonds is 10. The molecule has 0 spiro atoms. The lowest BCUT2D eigenvalue weighted by Crippen LogP contribution is -2.47. The molecule has 2 rings (SSSR count). The molecule has 0 fully saturated rings. The summed E-state index contributed by atoms with van der Waals surface area (Å²) in [6, 6.07) is 16.5. The van der Waals surface area contributed by atoms with Crippen molar-refractivity contribution in [2.75, 3.05) is 13.1 Å². The van der Waals surface area contributed by atoms with E-state index in [-0.39, 0.29) is 24.2 Å². The molecule has 0 aliphatic heterocycles. The minimum Gasteiger partial charge on any atom is -0.384 e. The molecule has 1 atom stereocenters. The number of amidine groups is 1. The predicted octanol–water partition coefficient (Wildman–Crippen LogP) is 0.924. The normalized spacial score (nSPS) is 11.5. The van der Waals surface area contributed by atoms with Crippen molar-refractivity contribution in [2.45, 2.75) is 25.9 Å². The van der Waals surface area contributed by atoms with E-state index in [1.54, 1.807) is 31.2 Å². The molecule has 0 heterocycles. The fraction of sp³-hybridized carbons (Fsp3) is 0.286. The van der Waals surface area contributed by atoms with Gasteiger partial charge in [0.2, 0.25) is 11.8 Å². The van der Waals surface area contributed by atoms with Crippen molar-refractivity contribution in [1.82, 2.24) is 16.0 Å². The molecule has 7 nitrogen and oxygen atoms in total. The van der Waals surface area contributed by atoms with Crippen molar-refractivity contribution >= 4 is 17.6 Å². The molecule has 2 aromatic carbocycles. The molecule has 0 saturated heterocycles. The third-order valence-corrected chi connectivity index (χ3v) is 4.22. The van der Waals surface area contributed by atoms with Crippen molar-refractivity contribution in [1.29, 1.82) is 5.41 Å². The number of hydrogen-bond donors (Lipinski definition) is 5. The van der Waals surface area contributed by atoms with E-state index in [0.29, 0.717) is 18.7 Å². The Labute approximate surface area is 165 Å². The van der Waals surface area contributed by atoms with Gasteiger partial charge in [0.25, 0.3) is 0 Å². The maximum Gasteiger partial charge on any atom is 0.242 e. The van der Waals surface area contributed by atoms with Crippen molar-refractivity contribution in [2.24, 2.45) is 5.73 Å². The summed E-state index contributed by atoms with van der Waals surface area (Å²) in [5.41, 5.74) is 8.14. The monoisotopic (exact) mass is 381 g/mol. The lowest BCUT2D eigenvalue weighted by Gasteiger charge is -2.14. The maximum absolute atomic E-state index is 12.1. The highest BCUT2D eigenvalue weighted by Crippen LogP contribution is 2.03. The fourth-order valence-corrected chi connectivity index (χ4v) is 2.58. The molecule has 0 bridgehead atoms. The van der Waals surface area contributed by atoms with Gasteiger partial charge in [0, 0.05) is 12.1 Å². The zero-order valence-corrected chi connectivity index (χ0v) is 16.0. The van der Waals surface area contributed by atoms with Crippen LogP contribution in [0.15, 0.2) is 54.6 Å². The van der Waals surface area contributed by atoms with Gasteiger partial charge < -0.3 is 21.7 Å². The Hall–Kier alpha value is -3.19. The van der Waals surface area contributed by atoms with Crippen LogP contribution < -0.4 is 21.7 Å². The predicted molar refractivity (Wildman–Crippen MR) is 110 cm³/mol. The third-order valence-electron chi connectivity index (χ3n) is 4.22. The second kappa shape index (κ2) is 10.8. The Morgan fingerprint density at radius 3 is 2.36 bits per heavy atom. The molecule has 0 aliphatic rings. The highest BCUT2D eigenvalue weighted by atomic mass is 16.2. The summed E-state index contributed by atoms with van der Waals surface area (Å²) >= 11 is 0. The average Bonchev–Trinajstić information content (AvgIpc) is 2.70. The van der Waals surface area contributed by atoms with Crippen LogP contribution in [0.1, 0.15) is 23.6 Å². The van der Waals surface area contributed by atoms with Gasteiger partial charge in [-0.1, -0.05) is 54.6 Å². The number of benzene rings is 2. The SMILES string of the molecule is CC(NC(=O)CNCCc1ccccc1)C(=O)NCc1ccc(C(=N)N)cc1. The minimum absolute atomic E-state index is 0.00398. The van der Waals surface area contributed by atoms with Crippen LogP contribution in [-0.2, 0) is 22.6 Å². The van der Waals surface area contributed by atoms with Gasteiger partial charge in [0.1, 0.15) is 11.9 Å². The first-order valence-electron chi connectivity index (χ1n) is 9.20. The zero-order chi connectivity index (χ0) is 20.4. The molecule has 148 valence electrons. The molecule has 0 aromatic heterocycles. The van der Waals surface area contributed by atoms with E-state index in [4.69, 9.17) is 11.1 Å². The number of amides is 2. The third kappa shape index (κ3) is 7.20. The molecular weight excluding hydrogens is 354 g/mol. The van der Waals surface area contributed by atoms with Gasteiger partial charge in [-0.15, -0.1) is 0 Å². The van der Waals surface area contributed by atoms with Crippen molar-refractivity contribution in [3.63, 3.8) is 0 Å². The van der Waals surface area contributed by atoms with Crippen molar-refractivity contribution < 1.29 is 9.59 Å². The summed E-state index contributed by atoms with van der Waals surface area (Å²) in [6.45, 7) is 2.84. The zero-order valence-electron chi connectivity index (χ0n) is 16.0. The first-order valence-corrected chi connectivity index (χ1v) is 9.20. The first kappa shape index (κ1) is 21.1. The summed E-state index contributed by atoms with van der Waals surface area (Å²) in [5, 5.41) is 15.9. The quantitative estimate of drug-likeness (QED) is 0.239. The largest absolute Gasteiger partial charge is 0.384 e. The first-order chi connectivity index (χ1) is 13.5. The van der Waals surface area contributed by atoms with E-state index in [9.17, 15) is 9.59 Å². The highest BCUT2D eigenvalue weighted by molar-refractivity contribution is 5.94. The van der Waals surface area contributed by atoms with Gasteiger partial charge in [-0.05, 0) is 31.0 Å². The van der Waals surface area contributed by atoms with Crippen molar-refractivity contribution in [3.05, 3.63) is 71.3 Å². The molecule has 0 saturated carbocycles. The van der Waals surface area contributed by atoms with E-state index in [1.807, 2.05) is 30.3 Å². The van der Waals surface area contributed by atoms with Crippen LogP contribution in [0.25, 0.3) is 0 Å². The fourth-order valence-electron chi connectivity index (χ4n) is 2.58. The maximum atomic E-state index is 12.1. The van der Waals surface area contributed by atoms with Gasteiger partial charge >= 0.3 is 0 Å². The summed E-state index contributed by atoms with van der Waals surface area (Å²) in [7, 11) is 0. The van der Waals surface area contributed by atoms with E-state index < -0.39 is 6.04 Å². The summed E-state index contributed by atoms with van der Waals surface area (Å²) in [6.07, 6.45) is 0.840. The van der Waals surface area contributed by atoms with Crippen LogP contribution in [-0.4, -0.2) is 36.8 Å². The minimum atomic E-state index is -0.625. The summed E-state index contributed by atoms with van der Waals surface area (Å²) in [5.74, 6) is -0.473. The van der Waals surface area contributed by atoms with Crippen LogP contribution in [0.5, 0.6) is 0 Å². The van der Waals surface area contributed by atoms with Gasteiger partial charge in [-0.3, -0.25) is 15.0 Å². The van der Waals surface area contributed by atoms with Crippen LogP contribution in [0.2, 0.25) is 0 Å². The lowest BCUT2D eigenvalue weighted by atomic mass is 10.1. The number of carbonyl (C=O) groups is 2. The standard InChI is InChI=1S/C21H27N5O2/c1-15(21(28)25-13-17-7-9-18(10-8-17)20(22)23)26-19(27)14-24-12-11-16-5-3-2-4-6-16/h2-10,15,24H,11-14H2,1H3,(H3,22,23)(H,25,28)(H,26,27). The molecule has 0 radical (unpaired) electrons. The van der Waals surface area contributed by atoms with Crippen molar-refractivity contribution in [3.8, 4) is 0 Å². The van der Waals surface area contributed by atoms with E-state index >= 15 is 0 Å². The second-order valence-corrected chi connectivity index (χ2v) is 6.53. The number of hydrogen-bond acceptors (Lipinski definition) is 4. The highest BCUT2D eigenvalue weighted by Gasteiger charge is 2.14. The van der Waals surface area contributed by atoms with Crippen LogP contribution >= 0.6 is 0 Å². The average molecular weight is 381 g/mol. The molecule has 2 aromatic rings. The van der Waals surface area contributed by atoms with Gasteiger partial charge in [0.15, 0.2) is 0 Å². The Bertz CT molecular complexity index is 790. The van der Waals surface area contributed by atoms with E-state index in [1.165, 1.54) is 5.56 Å². The topological polar surface area (TPSA) is 120 Å². The molecule has 1 unspecified atom stereocenters. The van der Waals surface area contributed by atoms with Crippen LogP contribution in [0.3, 0.4) is 0 Å². The van der Waals surface area contributed by atoms with Crippen LogP contribution in [0, 0.1) is 5.41 Å². The van der Waals surface area contributed by atoms with Gasteiger partial charge in [0.05, 0.1) is 6.54 Å². The molecule has 28 heavy (non-hydrogen) atoms. The van der Waals surface area contributed by atoms with Crippen LogP contribution in [0.4, 0.5) is 0 Å². The van der Waals surface area contributed by atoms with Gasteiger partial charge in [-0.2, -0.15) is 0 Å². The Morgan fingerprint density at radius 2 is 1.71 bits per heavy atom. The van der Waals surface area contributed by atoms with E-state index in [0.717, 1.165) is 12.0 Å². The second-order valence-electron chi connectivity index (χ2n) is 6.53. The Morgan fingerprint density at radius 1 is 1.04 bits per heavy atom. The Kier molecular flexibility index (Phi) is 8.17. The number of nitrogens with one attached hydrogen (secondary N) is 4. The number of carbonyl (C=O) groups excluding carboxylic acids is 2. The molecular formula is C21H27N5O2. The number of nitrogen functional groups attached to an aromatic ring is 1. The number of nitrogens with two attached hydrogens (primary N) is 1. The molecule has 2 amide bonds. The lowest BCUT2D eigenvalue weighted by molar-refractivity contribution is -0.128. The summed E-state index contributed by atoms with van der Waals surface area (Å²) in [4.78, 5) is 24.1. The van der Waals surface area contributed by atoms with E-state index in [2.05, 4.69) is 16.0 Å². The summed E-state index contributed by atoms with van der Waals surface area (Å²) < 4.78 is 0.